The quantitative estimate of drug-likeness (QED) is 0.534. The van der Waals surface area contributed by atoms with Crippen LogP contribution in [-0.2, 0) is 0 Å². The minimum atomic E-state index is -4.13. The molecule has 0 aromatic carbocycles. The van der Waals surface area contributed by atoms with Crippen molar-refractivity contribution >= 4 is 5.96 Å². The lowest BCUT2D eigenvalue weighted by Gasteiger charge is -2.35. The van der Waals surface area contributed by atoms with E-state index in [9.17, 15) is 13.2 Å². The minimum Gasteiger partial charge on any atom is -0.355 e. The van der Waals surface area contributed by atoms with Crippen LogP contribution in [0.25, 0.3) is 0 Å². The third-order valence-electron chi connectivity index (χ3n) is 5.81. The summed E-state index contributed by atoms with van der Waals surface area (Å²) in [4.78, 5) is 10.6. The van der Waals surface area contributed by atoms with Crippen LogP contribution in [0.2, 0.25) is 0 Å². The highest BCUT2D eigenvalue weighted by Gasteiger charge is 2.33. The molecular formula is C19H36F3N5. The number of nitrogens with zero attached hydrogens (tertiary/aromatic N) is 4. The number of rotatable bonds is 7. The Kier molecular flexibility index (Phi) is 8.66. The van der Waals surface area contributed by atoms with Gasteiger partial charge in [-0.25, -0.2) is 0 Å². The van der Waals surface area contributed by atoms with Gasteiger partial charge in [-0.2, -0.15) is 13.2 Å². The van der Waals surface area contributed by atoms with Crippen molar-refractivity contribution in [3.8, 4) is 0 Å². The van der Waals surface area contributed by atoms with E-state index in [4.69, 9.17) is 0 Å². The van der Waals surface area contributed by atoms with Gasteiger partial charge in [-0.3, -0.25) is 14.8 Å². The molecule has 27 heavy (non-hydrogen) atoms. The Labute approximate surface area is 162 Å². The monoisotopic (exact) mass is 391 g/mol. The summed E-state index contributed by atoms with van der Waals surface area (Å²) in [5, 5.41) is 3.51. The molecule has 2 fully saturated rings. The summed E-state index contributed by atoms with van der Waals surface area (Å²) in [5.74, 6) is 1.14. The van der Waals surface area contributed by atoms with Crippen LogP contribution in [0.15, 0.2) is 4.99 Å². The summed E-state index contributed by atoms with van der Waals surface area (Å²) in [6.07, 6.45) is 0.554. The zero-order valence-electron chi connectivity index (χ0n) is 17.1. The van der Waals surface area contributed by atoms with Gasteiger partial charge in [0.05, 0.1) is 6.54 Å². The molecule has 0 bridgehead atoms. The van der Waals surface area contributed by atoms with Gasteiger partial charge in [-0.1, -0.05) is 20.3 Å². The van der Waals surface area contributed by atoms with Crippen LogP contribution in [0.1, 0.15) is 39.5 Å². The number of guanidine groups is 1. The third-order valence-corrected chi connectivity index (χ3v) is 5.81. The zero-order valence-corrected chi connectivity index (χ0v) is 17.1. The number of piperidine rings is 1. The highest BCUT2D eigenvalue weighted by atomic mass is 19.4. The first-order valence-electron chi connectivity index (χ1n) is 10.3. The minimum absolute atomic E-state index is 0.257. The molecule has 0 radical (unpaired) electrons. The summed E-state index contributed by atoms with van der Waals surface area (Å²) in [5.41, 5.74) is 0. The van der Waals surface area contributed by atoms with Crippen LogP contribution < -0.4 is 5.32 Å². The van der Waals surface area contributed by atoms with E-state index in [1.807, 2.05) is 0 Å². The Morgan fingerprint density at radius 1 is 1.19 bits per heavy atom. The second-order valence-corrected chi connectivity index (χ2v) is 7.75. The van der Waals surface area contributed by atoms with Crippen molar-refractivity contribution < 1.29 is 13.2 Å². The van der Waals surface area contributed by atoms with Crippen LogP contribution in [0.5, 0.6) is 0 Å². The van der Waals surface area contributed by atoms with E-state index in [0.717, 1.165) is 38.6 Å². The van der Waals surface area contributed by atoms with Crippen molar-refractivity contribution in [2.45, 2.75) is 51.7 Å². The third kappa shape index (κ3) is 7.14. The maximum absolute atomic E-state index is 12.7. The molecule has 2 aliphatic rings. The molecule has 158 valence electrons. The highest BCUT2D eigenvalue weighted by molar-refractivity contribution is 5.80. The fraction of sp³-hybridized carbons (Fsp3) is 0.947. The average Bonchev–Trinajstić information content (AvgIpc) is 3.09. The standard InChI is InChI=1S/C19H36F3N5/c1-4-25(15-19(20,21)22)13-16-9-11-27(14-16)18(23-3)24-12-17-8-6-7-10-26(17)5-2/h16-17H,4-15H2,1-3H3,(H,23,24). The summed E-state index contributed by atoms with van der Waals surface area (Å²) < 4.78 is 38.0. The van der Waals surface area contributed by atoms with Gasteiger partial charge in [0, 0.05) is 39.3 Å². The molecule has 2 heterocycles. The van der Waals surface area contributed by atoms with Crippen LogP contribution >= 0.6 is 0 Å². The second kappa shape index (κ2) is 10.5. The van der Waals surface area contributed by atoms with E-state index >= 15 is 0 Å². The van der Waals surface area contributed by atoms with Gasteiger partial charge in [0.1, 0.15) is 0 Å². The number of likely N-dealkylation sites (N-methyl/N-ethyl adjacent to an activating group) is 1. The SMILES string of the molecule is CCN(CC1CCN(C(=NC)NCC2CCCCN2CC)C1)CC(F)(F)F. The van der Waals surface area contributed by atoms with Crippen LogP contribution in [0.3, 0.4) is 0 Å². The van der Waals surface area contributed by atoms with Crippen LogP contribution in [0.4, 0.5) is 13.2 Å². The van der Waals surface area contributed by atoms with Crippen LogP contribution in [0, 0.1) is 5.92 Å². The molecule has 2 saturated heterocycles. The van der Waals surface area contributed by atoms with E-state index in [1.165, 1.54) is 30.7 Å². The van der Waals surface area contributed by atoms with Crippen molar-refractivity contribution in [3.05, 3.63) is 0 Å². The molecule has 0 saturated carbocycles. The lowest BCUT2D eigenvalue weighted by Crippen LogP contribution is -2.49. The first kappa shape index (κ1) is 22.3. The molecular weight excluding hydrogens is 355 g/mol. The predicted molar refractivity (Wildman–Crippen MR) is 104 cm³/mol. The highest BCUT2D eigenvalue weighted by Crippen LogP contribution is 2.22. The molecule has 0 amide bonds. The van der Waals surface area contributed by atoms with Crippen molar-refractivity contribution in [2.24, 2.45) is 10.9 Å². The maximum atomic E-state index is 12.7. The molecule has 1 N–H and O–H groups in total. The average molecular weight is 392 g/mol. The molecule has 0 spiro atoms. The van der Waals surface area contributed by atoms with Gasteiger partial charge in [0.15, 0.2) is 5.96 Å². The molecule has 2 unspecified atom stereocenters. The number of nitrogens with one attached hydrogen (secondary N) is 1. The summed E-state index contributed by atoms with van der Waals surface area (Å²) in [6.45, 7) is 8.86. The number of halogens is 3. The van der Waals surface area contributed by atoms with Gasteiger partial charge in [0.2, 0.25) is 0 Å². The lowest BCUT2D eigenvalue weighted by molar-refractivity contribution is -0.146. The first-order chi connectivity index (χ1) is 12.9. The van der Waals surface area contributed by atoms with E-state index in [2.05, 4.69) is 27.0 Å². The van der Waals surface area contributed by atoms with Gasteiger partial charge in [0.25, 0.3) is 0 Å². The smallest absolute Gasteiger partial charge is 0.355 e. The van der Waals surface area contributed by atoms with Crippen molar-refractivity contribution in [2.75, 3.05) is 59.4 Å². The van der Waals surface area contributed by atoms with Gasteiger partial charge in [-0.15, -0.1) is 0 Å². The maximum Gasteiger partial charge on any atom is 0.401 e. The first-order valence-corrected chi connectivity index (χ1v) is 10.3. The molecule has 0 aliphatic carbocycles. The normalized spacial score (nSPS) is 25.4. The molecule has 0 aromatic heterocycles. The van der Waals surface area contributed by atoms with Crippen molar-refractivity contribution in [3.63, 3.8) is 0 Å². The second-order valence-electron chi connectivity index (χ2n) is 7.75. The summed E-state index contributed by atoms with van der Waals surface area (Å²) in [7, 11) is 1.79. The van der Waals surface area contributed by atoms with E-state index in [1.54, 1.807) is 14.0 Å². The van der Waals surface area contributed by atoms with Gasteiger partial charge in [-0.05, 0) is 44.8 Å². The predicted octanol–water partition coefficient (Wildman–Crippen LogP) is 2.64. The summed E-state index contributed by atoms with van der Waals surface area (Å²) in [6, 6.07) is 0.543. The van der Waals surface area contributed by atoms with E-state index in [0.29, 0.717) is 19.1 Å². The van der Waals surface area contributed by atoms with E-state index in [-0.39, 0.29) is 5.92 Å². The van der Waals surface area contributed by atoms with Gasteiger partial charge < -0.3 is 10.2 Å². The van der Waals surface area contributed by atoms with Crippen LogP contribution in [-0.4, -0.2) is 92.3 Å². The Morgan fingerprint density at radius 2 is 1.96 bits per heavy atom. The molecule has 2 atom stereocenters. The number of alkyl halides is 3. The van der Waals surface area contributed by atoms with Crippen molar-refractivity contribution in [1.29, 1.82) is 0 Å². The van der Waals surface area contributed by atoms with Crippen molar-refractivity contribution in [1.82, 2.24) is 20.0 Å². The van der Waals surface area contributed by atoms with Gasteiger partial charge >= 0.3 is 6.18 Å². The molecule has 2 aliphatic heterocycles. The molecule has 8 heteroatoms. The molecule has 5 nitrogen and oxygen atoms in total. The number of aliphatic imine (C=N–C) groups is 1. The molecule has 0 aromatic rings. The van der Waals surface area contributed by atoms with E-state index < -0.39 is 12.7 Å². The zero-order chi connectivity index (χ0) is 19.9. The fourth-order valence-electron chi connectivity index (χ4n) is 4.35. The number of hydrogen-bond acceptors (Lipinski definition) is 3. The largest absolute Gasteiger partial charge is 0.401 e. The molecule has 2 rings (SSSR count). The Balaban J connectivity index is 1.81. The Bertz CT molecular complexity index is 469. The Hall–Kier alpha value is -1.02. The number of likely N-dealkylation sites (tertiary alicyclic amines) is 2. The number of hydrogen-bond donors (Lipinski definition) is 1. The summed E-state index contributed by atoms with van der Waals surface area (Å²) >= 11 is 0. The Morgan fingerprint density at radius 3 is 2.59 bits per heavy atom. The lowest BCUT2D eigenvalue weighted by atomic mass is 10.0. The topological polar surface area (TPSA) is 34.1 Å². The fourth-order valence-corrected chi connectivity index (χ4v) is 4.35.